The summed E-state index contributed by atoms with van der Waals surface area (Å²) in [6.45, 7) is 1.53. The van der Waals surface area contributed by atoms with Gasteiger partial charge in [-0.3, -0.25) is 19.5 Å². The number of hydrogen-bond acceptors (Lipinski definition) is 6. The van der Waals surface area contributed by atoms with Crippen LogP contribution in [0.3, 0.4) is 0 Å². The predicted octanol–water partition coefficient (Wildman–Crippen LogP) is -1.17. The summed E-state index contributed by atoms with van der Waals surface area (Å²) in [6.07, 6.45) is 1.49. The van der Waals surface area contributed by atoms with Gasteiger partial charge in [-0.25, -0.2) is 0 Å². The quantitative estimate of drug-likeness (QED) is 0.641. The van der Waals surface area contributed by atoms with Gasteiger partial charge in [-0.1, -0.05) is 6.07 Å². The van der Waals surface area contributed by atoms with E-state index in [9.17, 15) is 14.6 Å². The van der Waals surface area contributed by atoms with Gasteiger partial charge in [0.2, 0.25) is 0 Å². The Labute approximate surface area is 106 Å². The maximum Gasteiger partial charge on any atom is 0.581 e. The van der Waals surface area contributed by atoms with Crippen LogP contribution in [0.5, 0.6) is 0 Å². The fraction of sp³-hybridized carbons (Fsp3) is 0.364. The van der Waals surface area contributed by atoms with Gasteiger partial charge in [-0.15, -0.1) is 0 Å². The lowest BCUT2D eigenvalue weighted by molar-refractivity contribution is -0.136. The van der Waals surface area contributed by atoms with Crippen LogP contribution in [0.4, 0.5) is 0 Å². The first kappa shape index (κ1) is 14.3. The van der Waals surface area contributed by atoms with Crippen molar-refractivity contribution in [2.75, 3.05) is 20.1 Å². The molecule has 0 amide bonds. The van der Waals surface area contributed by atoms with Crippen LogP contribution >= 0.6 is 0 Å². The van der Waals surface area contributed by atoms with Crippen LogP contribution in [0.1, 0.15) is 6.92 Å². The van der Waals surface area contributed by atoms with Crippen LogP contribution in [0.2, 0.25) is 0 Å². The van der Waals surface area contributed by atoms with E-state index in [1.165, 1.54) is 18.0 Å². The zero-order valence-corrected chi connectivity index (χ0v) is 10.4. The highest BCUT2D eigenvalue weighted by Gasteiger charge is 2.23. The predicted molar refractivity (Wildman–Crippen MR) is 66.1 cm³/mol. The number of carbonyl (C=O) groups excluding carboxylic acids is 2. The average Bonchev–Trinajstić information content (AvgIpc) is 2.28. The van der Waals surface area contributed by atoms with Gasteiger partial charge in [-0.05, 0) is 26.1 Å². The molecule has 0 saturated heterocycles. The van der Waals surface area contributed by atoms with Gasteiger partial charge >= 0.3 is 13.1 Å². The summed E-state index contributed by atoms with van der Waals surface area (Å²) in [5.74, 6) is -0.660. The molecule has 0 aliphatic heterocycles. The monoisotopic (exact) mass is 250 g/mol. The molecule has 1 aromatic heterocycles. The van der Waals surface area contributed by atoms with Crippen molar-refractivity contribution in [2.45, 2.75) is 6.92 Å². The van der Waals surface area contributed by atoms with Crippen LogP contribution < -0.4 is 5.59 Å². The maximum atomic E-state index is 11.5. The van der Waals surface area contributed by atoms with Crippen LogP contribution in [0.15, 0.2) is 24.4 Å². The van der Waals surface area contributed by atoms with E-state index in [1.807, 2.05) is 0 Å². The smallest absolute Gasteiger partial charge is 0.504 e. The van der Waals surface area contributed by atoms with Gasteiger partial charge in [0, 0.05) is 6.20 Å². The normalized spacial score (nSPS) is 10.2. The van der Waals surface area contributed by atoms with Crippen molar-refractivity contribution in [2.24, 2.45) is 0 Å². The molecule has 0 aliphatic rings. The number of pyridine rings is 1. The van der Waals surface area contributed by atoms with Gasteiger partial charge in [0.1, 0.15) is 5.78 Å². The highest BCUT2D eigenvalue weighted by molar-refractivity contribution is 6.60. The van der Waals surface area contributed by atoms with Crippen LogP contribution in [0, 0.1) is 0 Å². The number of nitrogens with zero attached hydrogens (tertiary/aromatic N) is 2. The fourth-order valence-electron chi connectivity index (χ4n) is 1.40. The Balaban J connectivity index is 2.43. The molecule has 0 aromatic carbocycles. The van der Waals surface area contributed by atoms with Crippen molar-refractivity contribution < 1.29 is 19.3 Å². The van der Waals surface area contributed by atoms with Gasteiger partial charge < -0.3 is 9.68 Å². The van der Waals surface area contributed by atoms with E-state index < -0.39 is 13.1 Å². The molecule has 1 heterocycles. The SMILES string of the molecule is CC(=O)CN(C)CC(=O)OB(O)c1ccccn1. The molecule has 0 saturated carbocycles. The van der Waals surface area contributed by atoms with Crippen molar-refractivity contribution in [3.05, 3.63) is 24.4 Å². The van der Waals surface area contributed by atoms with E-state index in [2.05, 4.69) is 4.98 Å². The molecule has 0 aliphatic carbocycles. The molecular weight excluding hydrogens is 235 g/mol. The molecule has 7 heteroatoms. The molecule has 0 fully saturated rings. The summed E-state index contributed by atoms with van der Waals surface area (Å²) in [5, 5.41) is 9.59. The molecule has 18 heavy (non-hydrogen) atoms. The molecule has 6 nitrogen and oxygen atoms in total. The van der Waals surface area contributed by atoms with Gasteiger partial charge in [0.15, 0.2) is 0 Å². The number of carbonyl (C=O) groups is 2. The largest absolute Gasteiger partial charge is 0.581 e. The summed E-state index contributed by atoms with van der Waals surface area (Å²) in [7, 11) is 0.236. The number of rotatable bonds is 6. The minimum atomic E-state index is -1.38. The molecule has 0 unspecified atom stereocenters. The summed E-state index contributed by atoms with van der Waals surface area (Å²) in [5.41, 5.74) is 0.264. The van der Waals surface area contributed by atoms with Crippen LogP contribution in [-0.2, 0) is 14.2 Å². The highest BCUT2D eigenvalue weighted by Crippen LogP contribution is 1.90. The maximum absolute atomic E-state index is 11.5. The molecule has 0 radical (unpaired) electrons. The Bertz CT molecular complexity index is 413. The molecule has 0 spiro atoms. The van der Waals surface area contributed by atoms with E-state index in [1.54, 1.807) is 25.2 Å². The van der Waals surface area contributed by atoms with Crippen molar-refractivity contribution in [3.63, 3.8) is 0 Å². The van der Waals surface area contributed by atoms with Crippen molar-refractivity contribution >= 4 is 24.5 Å². The zero-order chi connectivity index (χ0) is 13.5. The van der Waals surface area contributed by atoms with Gasteiger partial charge in [-0.2, -0.15) is 0 Å². The molecule has 96 valence electrons. The Kier molecular flexibility index (Phi) is 5.48. The summed E-state index contributed by atoms with van der Waals surface area (Å²) < 4.78 is 4.79. The standard InChI is InChI=1S/C11H15BN2O4/c1-9(15)7-14(2)8-11(16)18-12(17)10-5-3-4-6-13-10/h3-6,17H,7-8H2,1-2H3. The third-order valence-electron chi connectivity index (χ3n) is 2.08. The Morgan fingerprint density at radius 2 is 2.17 bits per heavy atom. The topological polar surface area (TPSA) is 79.7 Å². The van der Waals surface area contributed by atoms with E-state index in [4.69, 9.17) is 4.65 Å². The third-order valence-corrected chi connectivity index (χ3v) is 2.08. The van der Waals surface area contributed by atoms with E-state index in [0.717, 1.165) is 0 Å². The number of hydrogen-bond donors (Lipinski definition) is 1. The van der Waals surface area contributed by atoms with Crippen molar-refractivity contribution in [1.29, 1.82) is 0 Å². The molecule has 1 N–H and O–H groups in total. The lowest BCUT2D eigenvalue weighted by Gasteiger charge is -2.14. The minimum Gasteiger partial charge on any atom is -0.504 e. The lowest BCUT2D eigenvalue weighted by Crippen LogP contribution is -2.41. The zero-order valence-electron chi connectivity index (χ0n) is 10.4. The highest BCUT2D eigenvalue weighted by atomic mass is 16.6. The number of Topliss-reactive ketones (excluding diaryl/α,β-unsaturated/α-hetero) is 1. The van der Waals surface area contributed by atoms with Crippen LogP contribution in [0.25, 0.3) is 0 Å². The summed E-state index contributed by atoms with van der Waals surface area (Å²) >= 11 is 0. The third kappa shape index (κ3) is 5.07. The first-order valence-corrected chi connectivity index (χ1v) is 5.45. The first-order chi connectivity index (χ1) is 8.49. The van der Waals surface area contributed by atoms with Crippen molar-refractivity contribution in [3.8, 4) is 0 Å². The second kappa shape index (κ2) is 6.88. The van der Waals surface area contributed by atoms with Crippen molar-refractivity contribution in [1.82, 2.24) is 9.88 Å². The van der Waals surface area contributed by atoms with Gasteiger partial charge in [0.05, 0.1) is 18.7 Å². The average molecular weight is 250 g/mol. The minimum absolute atomic E-state index is 0.0458. The van der Waals surface area contributed by atoms with E-state index in [-0.39, 0.29) is 24.5 Å². The lowest BCUT2D eigenvalue weighted by atomic mass is 9.85. The number of ketones is 1. The molecule has 0 atom stereocenters. The van der Waals surface area contributed by atoms with E-state index >= 15 is 0 Å². The first-order valence-electron chi connectivity index (χ1n) is 5.45. The number of aromatic nitrogens is 1. The molecule has 1 aromatic rings. The Morgan fingerprint density at radius 3 is 2.72 bits per heavy atom. The number of likely N-dealkylation sites (N-methyl/N-ethyl adjacent to an activating group) is 1. The van der Waals surface area contributed by atoms with E-state index in [0.29, 0.717) is 0 Å². The summed E-state index contributed by atoms with van der Waals surface area (Å²) in [6, 6.07) is 4.93. The second-order valence-electron chi connectivity index (χ2n) is 3.97. The fourth-order valence-corrected chi connectivity index (χ4v) is 1.40. The molecule has 1 rings (SSSR count). The summed E-state index contributed by atoms with van der Waals surface area (Å²) in [4.78, 5) is 27.7. The van der Waals surface area contributed by atoms with Crippen LogP contribution in [-0.4, -0.2) is 53.9 Å². The molecule has 0 bridgehead atoms. The Morgan fingerprint density at radius 1 is 1.44 bits per heavy atom. The Hall–Kier alpha value is -1.73. The molecular formula is C11H15BN2O4. The van der Waals surface area contributed by atoms with Gasteiger partial charge in [0.25, 0.3) is 0 Å². The second-order valence-corrected chi connectivity index (χ2v) is 3.97.